The number of nitrogens with zero attached hydrogens (tertiary/aromatic N) is 2. The number of hydrogen-bond acceptors (Lipinski definition) is 4. The predicted octanol–water partition coefficient (Wildman–Crippen LogP) is 2.38. The maximum atomic E-state index is 13.0. The third-order valence-electron chi connectivity index (χ3n) is 4.79. The van der Waals surface area contributed by atoms with Gasteiger partial charge in [0, 0.05) is 13.6 Å². The molecule has 0 radical (unpaired) electrons. The molecule has 0 aliphatic carbocycles. The number of amides is 2. The zero-order valence-electron chi connectivity index (χ0n) is 15.9. The van der Waals surface area contributed by atoms with E-state index in [1.807, 2.05) is 47.4 Å². The minimum absolute atomic E-state index is 0.109. The molecule has 1 aliphatic heterocycles. The lowest BCUT2D eigenvalue weighted by Gasteiger charge is -2.29. The Morgan fingerprint density at radius 1 is 1.18 bits per heavy atom. The zero-order chi connectivity index (χ0) is 20.1. The molecule has 0 aromatic heterocycles. The molecule has 0 saturated carbocycles. The second-order valence-corrected chi connectivity index (χ2v) is 6.86. The number of carbonyl (C=O) groups excluding carboxylic acids is 2. The Morgan fingerprint density at radius 3 is 2.46 bits per heavy atom. The molecule has 3 rings (SSSR count). The molecule has 1 saturated heterocycles. The van der Waals surface area contributed by atoms with Crippen molar-refractivity contribution in [1.29, 1.82) is 0 Å². The summed E-state index contributed by atoms with van der Waals surface area (Å²) < 4.78 is 5.18. The molecule has 2 amide bonds. The van der Waals surface area contributed by atoms with E-state index in [4.69, 9.17) is 17.0 Å². The van der Waals surface area contributed by atoms with Gasteiger partial charge in [-0.1, -0.05) is 30.3 Å². The summed E-state index contributed by atoms with van der Waals surface area (Å²) in [6.45, 7) is 0.526. The van der Waals surface area contributed by atoms with Crippen LogP contribution in [0, 0.1) is 0 Å². The molecule has 1 fully saturated rings. The highest BCUT2D eigenvalue weighted by molar-refractivity contribution is 7.80. The van der Waals surface area contributed by atoms with Gasteiger partial charge in [0.2, 0.25) is 5.91 Å². The molecule has 2 aromatic rings. The predicted molar refractivity (Wildman–Crippen MR) is 112 cm³/mol. The monoisotopic (exact) mass is 397 g/mol. The number of nitrogens with one attached hydrogen (secondary N) is 1. The number of anilines is 1. The van der Waals surface area contributed by atoms with Crippen molar-refractivity contribution in [3.05, 3.63) is 60.2 Å². The standard InChI is InChI=1S/C21H23N3O3S/c1-22-21(28)23(13-12-15-8-10-17(27-2)11-9-15)18-14-19(25)24(20(18)26)16-6-4-3-5-7-16/h3-11,18H,12-14H2,1-2H3,(H,22,28)/t18-/m1/s1. The van der Waals surface area contributed by atoms with Crippen molar-refractivity contribution in [2.24, 2.45) is 0 Å². The van der Waals surface area contributed by atoms with Crippen LogP contribution in [0.15, 0.2) is 54.6 Å². The quantitative estimate of drug-likeness (QED) is 0.597. The van der Waals surface area contributed by atoms with Crippen molar-refractivity contribution >= 4 is 34.8 Å². The van der Waals surface area contributed by atoms with Crippen molar-refractivity contribution in [2.45, 2.75) is 18.9 Å². The fourth-order valence-electron chi connectivity index (χ4n) is 3.29. The largest absolute Gasteiger partial charge is 0.497 e. The summed E-state index contributed by atoms with van der Waals surface area (Å²) in [6, 6.07) is 16.1. The highest BCUT2D eigenvalue weighted by Gasteiger charge is 2.43. The molecule has 1 aliphatic rings. The molecular weight excluding hydrogens is 374 g/mol. The van der Waals surface area contributed by atoms with Gasteiger partial charge in [0.1, 0.15) is 11.8 Å². The van der Waals surface area contributed by atoms with Gasteiger partial charge in [-0.25, -0.2) is 4.90 Å². The van der Waals surface area contributed by atoms with Crippen LogP contribution in [0.2, 0.25) is 0 Å². The lowest BCUT2D eigenvalue weighted by Crippen LogP contribution is -2.49. The van der Waals surface area contributed by atoms with Crippen LogP contribution in [0.25, 0.3) is 0 Å². The van der Waals surface area contributed by atoms with Gasteiger partial charge in [-0.2, -0.15) is 0 Å². The number of carbonyl (C=O) groups is 2. The molecule has 6 nitrogen and oxygen atoms in total. The number of ether oxygens (including phenoxy) is 1. The number of rotatable bonds is 6. The van der Waals surface area contributed by atoms with Gasteiger partial charge in [-0.05, 0) is 48.5 Å². The summed E-state index contributed by atoms with van der Waals surface area (Å²) in [4.78, 5) is 28.7. The van der Waals surface area contributed by atoms with Gasteiger partial charge in [-0.3, -0.25) is 9.59 Å². The molecule has 2 aromatic carbocycles. The van der Waals surface area contributed by atoms with E-state index in [-0.39, 0.29) is 18.2 Å². The molecule has 0 unspecified atom stereocenters. The Kier molecular flexibility index (Phi) is 6.26. The summed E-state index contributed by atoms with van der Waals surface area (Å²) >= 11 is 5.43. The van der Waals surface area contributed by atoms with Crippen molar-refractivity contribution in [3.8, 4) is 5.75 Å². The molecule has 146 valence electrons. The van der Waals surface area contributed by atoms with Crippen LogP contribution in [0.4, 0.5) is 5.69 Å². The molecule has 7 heteroatoms. The second kappa shape index (κ2) is 8.84. The summed E-state index contributed by atoms with van der Waals surface area (Å²) in [5, 5.41) is 3.40. The lowest BCUT2D eigenvalue weighted by molar-refractivity contribution is -0.122. The van der Waals surface area contributed by atoms with Crippen LogP contribution in [-0.2, 0) is 16.0 Å². The summed E-state index contributed by atoms with van der Waals surface area (Å²) in [5.74, 6) is 0.333. The molecule has 0 bridgehead atoms. The van der Waals surface area contributed by atoms with Gasteiger partial charge < -0.3 is 15.0 Å². The Bertz CT molecular complexity index is 855. The van der Waals surface area contributed by atoms with Crippen molar-refractivity contribution < 1.29 is 14.3 Å². The van der Waals surface area contributed by atoms with Gasteiger partial charge >= 0.3 is 0 Å². The third-order valence-corrected chi connectivity index (χ3v) is 5.23. The Labute approximate surface area is 170 Å². The fourth-order valence-corrected chi connectivity index (χ4v) is 3.51. The number of imide groups is 1. The molecule has 0 spiro atoms. The van der Waals surface area contributed by atoms with Crippen molar-refractivity contribution in [1.82, 2.24) is 10.2 Å². The van der Waals surface area contributed by atoms with E-state index in [0.717, 1.165) is 11.3 Å². The highest BCUT2D eigenvalue weighted by atomic mass is 32.1. The maximum Gasteiger partial charge on any atom is 0.257 e. The van der Waals surface area contributed by atoms with Gasteiger partial charge in [0.05, 0.1) is 19.2 Å². The van der Waals surface area contributed by atoms with E-state index in [2.05, 4.69) is 5.32 Å². The SMILES string of the molecule is CNC(=S)N(CCc1ccc(OC)cc1)[C@@H]1CC(=O)N(c2ccccc2)C1=O. The number of para-hydroxylation sites is 1. The summed E-state index contributed by atoms with van der Waals surface area (Å²) in [7, 11) is 3.35. The van der Waals surface area contributed by atoms with Gasteiger partial charge in [0.15, 0.2) is 5.11 Å². The topological polar surface area (TPSA) is 61.9 Å². The van der Waals surface area contributed by atoms with Crippen LogP contribution in [0.3, 0.4) is 0 Å². The molecule has 1 N–H and O–H groups in total. The summed E-state index contributed by atoms with van der Waals surface area (Å²) in [6.07, 6.45) is 0.799. The van der Waals surface area contributed by atoms with Crippen LogP contribution in [-0.4, -0.2) is 48.6 Å². The zero-order valence-corrected chi connectivity index (χ0v) is 16.7. The number of methoxy groups -OCH3 is 1. The molecule has 1 atom stereocenters. The number of benzene rings is 2. The highest BCUT2D eigenvalue weighted by Crippen LogP contribution is 2.26. The Hall–Kier alpha value is -2.93. The lowest BCUT2D eigenvalue weighted by atomic mass is 10.1. The van der Waals surface area contributed by atoms with Crippen molar-refractivity contribution in [2.75, 3.05) is 25.6 Å². The van der Waals surface area contributed by atoms with E-state index in [0.29, 0.717) is 23.8 Å². The van der Waals surface area contributed by atoms with E-state index in [9.17, 15) is 9.59 Å². The second-order valence-electron chi connectivity index (χ2n) is 6.47. The molecule has 28 heavy (non-hydrogen) atoms. The summed E-state index contributed by atoms with van der Waals surface area (Å²) in [5.41, 5.74) is 1.69. The van der Waals surface area contributed by atoms with E-state index >= 15 is 0 Å². The van der Waals surface area contributed by atoms with Crippen molar-refractivity contribution in [3.63, 3.8) is 0 Å². The van der Waals surface area contributed by atoms with E-state index in [1.165, 1.54) is 4.90 Å². The maximum absolute atomic E-state index is 13.0. The average molecular weight is 398 g/mol. The van der Waals surface area contributed by atoms with E-state index < -0.39 is 6.04 Å². The number of thiocarbonyl (C=S) groups is 1. The smallest absolute Gasteiger partial charge is 0.257 e. The Morgan fingerprint density at radius 2 is 1.86 bits per heavy atom. The normalized spacial score (nSPS) is 16.2. The van der Waals surface area contributed by atoms with Gasteiger partial charge in [-0.15, -0.1) is 0 Å². The minimum Gasteiger partial charge on any atom is -0.497 e. The van der Waals surface area contributed by atoms with Crippen LogP contribution in [0.5, 0.6) is 5.75 Å². The minimum atomic E-state index is -0.606. The first-order valence-electron chi connectivity index (χ1n) is 9.08. The average Bonchev–Trinajstić information content (AvgIpc) is 3.02. The first-order chi connectivity index (χ1) is 13.5. The fraction of sp³-hybridized carbons (Fsp3) is 0.286. The Balaban J connectivity index is 1.76. The van der Waals surface area contributed by atoms with Gasteiger partial charge in [0.25, 0.3) is 5.91 Å². The van der Waals surface area contributed by atoms with Crippen LogP contribution in [0.1, 0.15) is 12.0 Å². The molecule has 1 heterocycles. The van der Waals surface area contributed by atoms with Crippen LogP contribution >= 0.6 is 12.2 Å². The molecular formula is C21H23N3O3S. The number of hydrogen-bond donors (Lipinski definition) is 1. The first kappa shape index (κ1) is 19.8. The van der Waals surface area contributed by atoms with E-state index in [1.54, 1.807) is 26.3 Å². The third kappa shape index (κ3) is 4.14. The van der Waals surface area contributed by atoms with Crippen LogP contribution < -0.4 is 15.0 Å². The first-order valence-corrected chi connectivity index (χ1v) is 9.49.